The Bertz CT molecular complexity index is 1610. The van der Waals surface area contributed by atoms with Crippen molar-refractivity contribution in [3.05, 3.63) is 71.7 Å². The van der Waals surface area contributed by atoms with E-state index in [9.17, 15) is 33.7 Å². The highest BCUT2D eigenvalue weighted by atomic mass is 32.3. The SMILES string of the molecule is [N-]=[N+]=C(S(=O)(=O)CCC(N)S(=O)(=O)C(=[N+]=[N-])S(=O)(=O)c1ccccc1)S(=O)(=O)c1ccccc1. The normalized spacial score (nSPS) is 13.3. The third-order valence-electron chi connectivity index (χ3n) is 4.31. The van der Waals surface area contributed by atoms with Gasteiger partial charge in [0.1, 0.15) is 5.37 Å². The Morgan fingerprint density at radius 2 is 1.09 bits per heavy atom. The van der Waals surface area contributed by atoms with Gasteiger partial charge in [-0.3, -0.25) is 0 Å². The van der Waals surface area contributed by atoms with Gasteiger partial charge in [-0.25, -0.2) is 33.7 Å². The molecule has 0 radical (unpaired) electrons. The fourth-order valence-electron chi connectivity index (χ4n) is 2.59. The molecule has 0 saturated heterocycles. The quantitative estimate of drug-likeness (QED) is 0.214. The van der Waals surface area contributed by atoms with Crippen LogP contribution in [0.3, 0.4) is 0 Å². The molecule has 1 unspecified atom stereocenters. The first kappa shape index (κ1) is 27.2. The topological polar surface area (TPSA) is 235 Å². The molecule has 0 amide bonds. The molecule has 0 bridgehead atoms. The summed E-state index contributed by atoms with van der Waals surface area (Å²) < 4.78 is 97.3. The van der Waals surface area contributed by atoms with Crippen LogP contribution in [-0.4, -0.2) is 63.1 Å². The van der Waals surface area contributed by atoms with Gasteiger partial charge >= 0.3 is 8.75 Å². The maximum Gasteiger partial charge on any atom is 0.501 e. The minimum Gasteiger partial charge on any atom is -0.359 e. The van der Waals surface area contributed by atoms with E-state index in [1.807, 2.05) is 0 Å². The van der Waals surface area contributed by atoms with Crippen molar-refractivity contribution < 1.29 is 43.3 Å². The highest BCUT2D eigenvalue weighted by molar-refractivity contribution is 8.31. The van der Waals surface area contributed by atoms with Crippen LogP contribution in [0.1, 0.15) is 6.42 Å². The number of hydrogen-bond donors (Lipinski definition) is 1. The predicted molar refractivity (Wildman–Crippen MR) is 120 cm³/mol. The molecule has 2 aromatic rings. The van der Waals surface area contributed by atoms with Crippen molar-refractivity contribution >= 4 is 48.1 Å². The molecular formula is C17H17N5O8S4. The average Bonchev–Trinajstić information content (AvgIpc) is 2.78. The first-order chi connectivity index (χ1) is 15.7. The second-order valence-corrected chi connectivity index (χ2v) is 14.9. The summed E-state index contributed by atoms with van der Waals surface area (Å²) in [7, 11) is -19.7. The minimum atomic E-state index is -5.13. The molecule has 1 atom stereocenters. The largest absolute Gasteiger partial charge is 0.501 e. The Morgan fingerprint density at radius 3 is 1.47 bits per heavy atom. The number of benzene rings is 2. The van der Waals surface area contributed by atoms with Crippen molar-refractivity contribution in [2.24, 2.45) is 5.73 Å². The summed E-state index contributed by atoms with van der Waals surface area (Å²) in [5.74, 6) is -1.26. The molecule has 0 saturated carbocycles. The van der Waals surface area contributed by atoms with E-state index in [0.717, 1.165) is 24.3 Å². The van der Waals surface area contributed by atoms with Crippen molar-refractivity contribution in [3.63, 3.8) is 0 Å². The lowest BCUT2D eigenvalue weighted by Gasteiger charge is -2.10. The van der Waals surface area contributed by atoms with E-state index in [4.69, 9.17) is 16.8 Å². The van der Waals surface area contributed by atoms with E-state index >= 15 is 0 Å². The van der Waals surface area contributed by atoms with E-state index in [-0.39, 0.29) is 0 Å². The molecule has 0 heterocycles. The maximum absolute atomic E-state index is 12.7. The summed E-state index contributed by atoms with van der Waals surface area (Å²) in [5, 5.41) is -2.24. The van der Waals surface area contributed by atoms with Crippen LogP contribution in [0, 0.1) is 0 Å². The molecule has 0 aromatic heterocycles. The third-order valence-corrected chi connectivity index (χ3v) is 12.9. The Hall–Kier alpha value is -3.04. The maximum atomic E-state index is 12.7. The smallest absolute Gasteiger partial charge is 0.359 e. The van der Waals surface area contributed by atoms with Crippen LogP contribution in [-0.2, 0) is 39.3 Å². The van der Waals surface area contributed by atoms with Crippen molar-refractivity contribution in [2.75, 3.05) is 5.75 Å². The predicted octanol–water partition coefficient (Wildman–Crippen LogP) is -0.390. The number of nitrogens with zero attached hydrogens (tertiary/aromatic N) is 4. The van der Waals surface area contributed by atoms with E-state index in [1.54, 1.807) is 0 Å². The highest BCUT2D eigenvalue weighted by Crippen LogP contribution is 2.19. The molecule has 0 fully saturated rings. The highest BCUT2D eigenvalue weighted by Gasteiger charge is 2.48. The van der Waals surface area contributed by atoms with Gasteiger partial charge in [-0.2, -0.15) is 0 Å². The molecule has 0 spiro atoms. The van der Waals surface area contributed by atoms with Gasteiger partial charge in [0.05, 0.1) is 15.5 Å². The van der Waals surface area contributed by atoms with Crippen LogP contribution in [0.25, 0.3) is 11.1 Å². The van der Waals surface area contributed by atoms with E-state index in [1.165, 1.54) is 36.4 Å². The van der Waals surface area contributed by atoms with Crippen LogP contribution in [0.4, 0.5) is 0 Å². The molecule has 0 aliphatic heterocycles. The zero-order chi connectivity index (χ0) is 25.8. The Balaban J connectivity index is 2.35. The van der Waals surface area contributed by atoms with Crippen LogP contribution < -0.4 is 5.73 Å². The van der Waals surface area contributed by atoms with Gasteiger partial charge in [-0.15, -0.1) is 9.58 Å². The lowest BCUT2D eigenvalue weighted by molar-refractivity contribution is 0.00352. The Labute approximate surface area is 195 Å². The van der Waals surface area contributed by atoms with Crippen molar-refractivity contribution in [3.8, 4) is 0 Å². The monoisotopic (exact) mass is 547 g/mol. The molecule has 0 aliphatic carbocycles. The molecular weight excluding hydrogens is 530 g/mol. The van der Waals surface area contributed by atoms with Gasteiger partial charge in [0, 0.05) is 0 Å². The first-order valence-electron chi connectivity index (χ1n) is 8.99. The summed E-state index contributed by atoms with van der Waals surface area (Å²) in [6.07, 6.45) is -1.03. The molecule has 0 aliphatic rings. The molecule has 34 heavy (non-hydrogen) atoms. The second kappa shape index (κ2) is 10.1. The lowest BCUT2D eigenvalue weighted by atomic mass is 10.4. The van der Waals surface area contributed by atoms with Gasteiger partial charge in [0.25, 0.3) is 39.3 Å². The van der Waals surface area contributed by atoms with Crippen molar-refractivity contribution in [1.82, 2.24) is 0 Å². The molecule has 2 aromatic carbocycles. The molecule has 2 rings (SSSR count). The van der Waals surface area contributed by atoms with Gasteiger partial charge in [0.2, 0.25) is 0 Å². The average molecular weight is 548 g/mol. The van der Waals surface area contributed by atoms with Crippen molar-refractivity contribution in [1.29, 1.82) is 0 Å². The minimum absolute atomic E-state index is 0.507. The first-order valence-corrected chi connectivity index (χ1v) is 15.2. The Kier molecular flexibility index (Phi) is 8.06. The van der Waals surface area contributed by atoms with Crippen LogP contribution in [0.2, 0.25) is 0 Å². The van der Waals surface area contributed by atoms with Crippen molar-refractivity contribution in [2.45, 2.75) is 21.6 Å². The zero-order valence-corrected chi connectivity index (χ0v) is 20.3. The summed E-state index contributed by atoms with van der Waals surface area (Å²) in [6, 6.07) is 12.2. The number of nitrogens with two attached hydrogens (primary N) is 1. The fourth-order valence-corrected chi connectivity index (χ4v) is 9.81. The van der Waals surface area contributed by atoms with Gasteiger partial charge in [-0.1, -0.05) is 36.4 Å². The number of rotatable bonds is 6. The molecule has 17 heteroatoms. The summed E-state index contributed by atoms with van der Waals surface area (Å²) in [6.45, 7) is 0. The molecule has 13 nitrogen and oxygen atoms in total. The fraction of sp³-hybridized carbons (Fsp3) is 0.176. The summed E-state index contributed by atoms with van der Waals surface area (Å²) in [4.78, 5) is 3.68. The van der Waals surface area contributed by atoms with E-state index in [0.29, 0.717) is 0 Å². The standard InChI is InChI=1S/C17H17N5O8S4/c18-15(34(29,30)17(22-20)33(27,28)14-9-5-2-6-10-14)11-12-31(23,24)16(21-19)32(25,26)13-7-3-1-4-8-13/h1-10,15H,11-12,18H2. The number of sulfone groups is 4. The number of hydrogen-bond acceptors (Lipinski definition) is 9. The van der Waals surface area contributed by atoms with Gasteiger partial charge in [-0.05, 0) is 30.7 Å². The van der Waals surface area contributed by atoms with Crippen LogP contribution in [0.15, 0.2) is 70.5 Å². The van der Waals surface area contributed by atoms with E-state index < -0.39 is 75.4 Å². The van der Waals surface area contributed by atoms with E-state index in [2.05, 4.69) is 9.58 Å². The van der Waals surface area contributed by atoms with Crippen LogP contribution in [0.5, 0.6) is 0 Å². The Morgan fingerprint density at radius 1 is 0.706 bits per heavy atom. The summed E-state index contributed by atoms with van der Waals surface area (Å²) >= 11 is 0. The summed E-state index contributed by atoms with van der Waals surface area (Å²) in [5.41, 5.74) is 23.7. The third kappa shape index (κ3) is 5.37. The van der Waals surface area contributed by atoms with Gasteiger partial charge in [0.15, 0.2) is 0 Å². The van der Waals surface area contributed by atoms with Gasteiger partial charge < -0.3 is 16.8 Å². The molecule has 2 N–H and O–H groups in total. The second-order valence-electron chi connectivity index (χ2n) is 6.56. The zero-order valence-electron chi connectivity index (χ0n) is 17.0. The lowest BCUT2D eigenvalue weighted by Crippen LogP contribution is -2.41. The molecule has 182 valence electrons. The van der Waals surface area contributed by atoms with Crippen LogP contribution >= 0.6 is 0 Å².